The predicted molar refractivity (Wildman–Crippen MR) is 112 cm³/mol. The fraction of sp³-hybridized carbons (Fsp3) is 0.105. The molecule has 2 heterocycles. The van der Waals surface area contributed by atoms with Crippen LogP contribution in [0.25, 0.3) is 6.08 Å². The van der Waals surface area contributed by atoms with Crippen LogP contribution >= 0.6 is 35.0 Å². The zero-order chi connectivity index (χ0) is 21.4. The van der Waals surface area contributed by atoms with Crippen molar-refractivity contribution in [1.29, 1.82) is 0 Å². The normalized spacial score (nSPS) is 16.5. The number of phenolic OH excluding ortho intramolecular Hbond substituents is 1. The molecule has 0 aromatic heterocycles. The molecule has 0 atom stereocenters. The van der Waals surface area contributed by atoms with Gasteiger partial charge in [-0.15, -0.1) is 0 Å². The second-order valence-corrected chi connectivity index (χ2v) is 8.02. The molecule has 2 aliphatic heterocycles. The van der Waals surface area contributed by atoms with Crippen LogP contribution in [0.3, 0.4) is 0 Å². The van der Waals surface area contributed by atoms with Gasteiger partial charge in [0.25, 0.3) is 11.1 Å². The molecule has 0 saturated carbocycles. The monoisotopic (exact) mass is 466 g/mol. The van der Waals surface area contributed by atoms with Crippen molar-refractivity contribution in [3.63, 3.8) is 0 Å². The molecular weight excluding hydrogens is 455 g/mol. The third-order valence-electron chi connectivity index (χ3n) is 4.17. The number of halogens is 2. The van der Waals surface area contributed by atoms with Crippen LogP contribution in [-0.4, -0.2) is 40.4 Å². The number of thioether (sulfide) groups is 1. The topological polar surface area (TPSA) is 105 Å². The average Bonchev–Trinajstić information content (AvgIpc) is 3.26. The SMILES string of the molecule is O=C(CN1C(=O)S/C(=C\c2cc(Cl)c(O)c(Cl)c2)C1=O)Nc1ccc2c(c1)OCO2. The number of nitrogens with one attached hydrogen (secondary N) is 1. The highest BCUT2D eigenvalue weighted by Gasteiger charge is 2.36. The number of phenols is 1. The van der Waals surface area contributed by atoms with Gasteiger partial charge in [-0.1, -0.05) is 23.2 Å². The van der Waals surface area contributed by atoms with Gasteiger partial charge >= 0.3 is 0 Å². The number of nitrogens with zero attached hydrogens (tertiary/aromatic N) is 1. The van der Waals surface area contributed by atoms with E-state index < -0.39 is 23.6 Å². The first-order valence-corrected chi connectivity index (χ1v) is 10.0. The van der Waals surface area contributed by atoms with Crippen LogP contribution < -0.4 is 14.8 Å². The lowest BCUT2D eigenvalue weighted by molar-refractivity contribution is -0.127. The van der Waals surface area contributed by atoms with E-state index in [1.807, 2.05) is 0 Å². The molecule has 4 rings (SSSR count). The largest absolute Gasteiger partial charge is 0.505 e. The van der Waals surface area contributed by atoms with Crippen LogP contribution in [0, 0.1) is 0 Å². The van der Waals surface area contributed by atoms with Gasteiger partial charge in [0.1, 0.15) is 6.54 Å². The molecule has 2 aliphatic rings. The molecular formula is C19H12Cl2N2O6S. The highest BCUT2D eigenvalue weighted by Crippen LogP contribution is 2.37. The number of aromatic hydroxyl groups is 1. The van der Waals surface area contributed by atoms with Gasteiger partial charge in [0.15, 0.2) is 17.2 Å². The van der Waals surface area contributed by atoms with Crippen molar-refractivity contribution >= 4 is 63.8 Å². The van der Waals surface area contributed by atoms with E-state index in [0.29, 0.717) is 34.5 Å². The lowest BCUT2D eigenvalue weighted by Gasteiger charge is -2.12. The van der Waals surface area contributed by atoms with Gasteiger partial charge in [-0.2, -0.15) is 0 Å². The summed E-state index contributed by atoms with van der Waals surface area (Å²) in [6.45, 7) is -0.346. The number of amides is 3. The van der Waals surface area contributed by atoms with E-state index >= 15 is 0 Å². The van der Waals surface area contributed by atoms with Crippen LogP contribution in [0.4, 0.5) is 10.5 Å². The van der Waals surface area contributed by atoms with Crippen LogP contribution in [-0.2, 0) is 9.59 Å². The first-order chi connectivity index (χ1) is 14.3. The first kappa shape index (κ1) is 20.4. The summed E-state index contributed by atoms with van der Waals surface area (Å²) in [5.74, 6) is -0.380. The van der Waals surface area contributed by atoms with E-state index in [1.165, 1.54) is 18.2 Å². The van der Waals surface area contributed by atoms with Gasteiger partial charge in [-0.05, 0) is 47.7 Å². The molecule has 2 aromatic rings. The van der Waals surface area contributed by atoms with E-state index in [0.717, 1.165) is 4.90 Å². The molecule has 11 heteroatoms. The molecule has 30 heavy (non-hydrogen) atoms. The van der Waals surface area contributed by atoms with Gasteiger partial charge in [0.05, 0.1) is 15.0 Å². The second kappa shape index (κ2) is 8.10. The Balaban J connectivity index is 1.45. The lowest BCUT2D eigenvalue weighted by Crippen LogP contribution is -2.36. The molecule has 0 spiro atoms. The molecule has 2 aromatic carbocycles. The lowest BCUT2D eigenvalue weighted by atomic mass is 10.2. The first-order valence-electron chi connectivity index (χ1n) is 8.44. The number of carbonyl (C=O) groups excluding carboxylic acids is 3. The molecule has 8 nitrogen and oxygen atoms in total. The van der Waals surface area contributed by atoms with Crippen molar-refractivity contribution in [3.8, 4) is 17.2 Å². The van der Waals surface area contributed by atoms with Crippen molar-refractivity contribution in [2.75, 3.05) is 18.7 Å². The summed E-state index contributed by atoms with van der Waals surface area (Å²) >= 11 is 12.4. The molecule has 1 fully saturated rings. The summed E-state index contributed by atoms with van der Waals surface area (Å²) in [5.41, 5.74) is 0.873. The van der Waals surface area contributed by atoms with E-state index in [2.05, 4.69) is 5.32 Å². The van der Waals surface area contributed by atoms with Gasteiger partial charge in [0.2, 0.25) is 12.7 Å². The molecule has 2 N–H and O–H groups in total. The molecule has 3 amide bonds. The number of benzene rings is 2. The Kier molecular flexibility index (Phi) is 5.50. The maximum absolute atomic E-state index is 12.6. The second-order valence-electron chi connectivity index (χ2n) is 6.22. The number of carbonyl (C=O) groups is 3. The van der Waals surface area contributed by atoms with Gasteiger partial charge in [-0.3, -0.25) is 19.3 Å². The van der Waals surface area contributed by atoms with Crippen LogP contribution in [0.15, 0.2) is 35.2 Å². The quantitative estimate of drug-likeness (QED) is 0.653. The summed E-state index contributed by atoms with van der Waals surface area (Å²) < 4.78 is 10.4. The number of hydrogen-bond donors (Lipinski definition) is 2. The average molecular weight is 467 g/mol. The zero-order valence-corrected chi connectivity index (χ0v) is 17.3. The van der Waals surface area contributed by atoms with E-state index in [4.69, 9.17) is 32.7 Å². The standard InChI is InChI=1S/C19H12Cl2N2O6S/c20-11-3-9(4-12(21)17(11)25)5-15-18(26)23(19(27)30-15)7-16(24)22-10-1-2-13-14(6-10)29-8-28-13/h1-6,25H,7-8H2,(H,22,24)/b15-5-. The summed E-state index contributed by atoms with van der Waals surface area (Å²) in [5, 5.41) is 11.7. The molecule has 1 saturated heterocycles. The minimum absolute atomic E-state index is 0.0103. The van der Waals surface area contributed by atoms with Gasteiger partial charge in [-0.25, -0.2) is 0 Å². The van der Waals surface area contributed by atoms with Gasteiger partial charge in [0, 0.05) is 11.8 Å². The maximum Gasteiger partial charge on any atom is 0.294 e. The van der Waals surface area contributed by atoms with E-state index in [-0.39, 0.29) is 27.5 Å². The molecule has 0 aliphatic carbocycles. The van der Waals surface area contributed by atoms with Crippen molar-refractivity contribution in [1.82, 2.24) is 4.90 Å². The van der Waals surface area contributed by atoms with Crippen molar-refractivity contribution < 1.29 is 29.0 Å². The summed E-state index contributed by atoms with van der Waals surface area (Å²) in [7, 11) is 0. The molecule has 0 radical (unpaired) electrons. The smallest absolute Gasteiger partial charge is 0.294 e. The Labute approximate surface area is 184 Å². The Morgan fingerprint density at radius 1 is 1.17 bits per heavy atom. The third-order valence-corrected chi connectivity index (χ3v) is 5.65. The molecule has 0 bridgehead atoms. The minimum Gasteiger partial charge on any atom is -0.505 e. The summed E-state index contributed by atoms with van der Waals surface area (Å²) in [4.78, 5) is 38.1. The number of imide groups is 1. The Morgan fingerprint density at radius 3 is 2.60 bits per heavy atom. The third kappa shape index (κ3) is 4.04. The Bertz CT molecular complexity index is 1100. The maximum atomic E-state index is 12.6. The fourth-order valence-electron chi connectivity index (χ4n) is 2.77. The Morgan fingerprint density at radius 2 is 1.87 bits per heavy atom. The van der Waals surface area contributed by atoms with Crippen LogP contribution in [0.1, 0.15) is 5.56 Å². The highest BCUT2D eigenvalue weighted by molar-refractivity contribution is 8.18. The fourth-order valence-corrected chi connectivity index (χ4v) is 4.12. The predicted octanol–water partition coefficient (Wildman–Crippen LogP) is 4.10. The van der Waals surface area contributed by atoms with E-state index in [9.17, 15) is 19.5 Å². The molecule has 154 valence electrons. The van der Waals surface area contributed by atoms with E-state index in [1.54, 1.807) is 18.2 Å². The zero-order valence-electron chi connectivity index (χ0n) is 15.0. The van der Waals surface area contributed by atoms with Gasteiger partial charge < -0.3 is 19.9 Å². The minimum atomic E-state index is -0.619. The van der Waals surface area contributed by atoms with Crippen LogP contribution in [0.5, 0.6) is 17.2 Å². The number of rotatable bonds is 4. The van der Waals surface area contributed by atoms with Crippen LogP contribution in [0.2, 0.25) is 10.0 Å². The van der Waals surface area contributed by atoms with Crippen molar-refractivity contribution in [2.45, 2.75) is 0 Å². The summed E-state index contributed by atoms with van der Waals surface area (Å²) in [6.07, 6.45) is 1.41. The number of hydrogen-bond acceptors (Lipinski definition) is 7. The number of fused-ring (bicyclic) bond motifs is 1. The number of anilines is 1. The summed E-state index contributed by atoms with van der Waals surface area (Å²) in [6, 6.07) is 7.67. The Hall–Kier alpha value is -2.88. The van der Waals surface area contributed by atoms with Crippen molar-refractivity contribution in [3.05, 3.63) is 50.8 Å². The highest BCUT2D eigenvalue weighted by atomic mass is 35.5. The van der Waals surface area contributed by atoms with Crippen molar-refractivity contribution in [2.24, 2.45) is 0 Å². The number of ether oxygens (including phenoxy) is 2. The molecule has 0 unspecified atom stereocenters.